The molecule has 7 heteroatoms. The monoisotopic (exact) mass is 379 g/mol. The second-order valence-corrected chi connectivity index (χ2v) is 7.88. The molecule has 7 nitrogen and oxygen atoms in total. The van der Waals surface area contributed by atoms with Gasteiger partial charge in [-0.25, -0.2) is 9.67 Å². The third kappa shape index (κ3) is 4.73. The zero-order valence-electron chi connectivity index (χ0n) is 16.6. The third-order valence-electron chi connectivity index (χ3n) is 4.14. The Kier molecular flexibility index (Phi) is 5.44. The highest BCUT2D eigenvalue weighted by molar-refractivity contribution is 5.98. The molecule has 2 amide bonds. The largest absolute Gasteiger partial charge is 0.350 e. The van der Waals surface area contributed by atoms with Crippen LogP contribution in [0.3, 0.4) is 0 Å². The molecule has 0 saturated carbocycles. The molecule has 2 heterocycles. The fourth-order valence-corrected chi connectivity index (χ4v) is 2.93. The number of amides is 2. The minimum atomic E-state index is -0.339. The first-order valence-electron chi connectivity index (χ1n) is 9.15. The molecule has 3 rings (SSSR count). The van der Waals surface area contributed by atoms with Gasteiger partial charge in [0.05, 0.1) is 24.8 Å². The summed E-state index contributed by atoms with van der Waals surface area (Å²) in [6, 6.07) is 11.8. The number of likely N-dealkylation sites (N-methyl/N-ethyl adjacent to an activating group) is 1. The van der Waals surface area contributed by atoms with Gasteiger partial charge in [0.25, 0.3) is 5.91 Å². The molecule has 146 valence electrons. The lowest BCUT2D eigenvalue weighted by Crippen LogP contribution is -2.46. The van der Waals surface area contributed by atoms with E-state index in [4.69, 9.17) is 0 Å². The molecule has 1 N–H and O–H groups in total. The number of hydrogen-bond acceptors (Lipinski definition) is 4. The van der Waals surface area contributed by atoms with E-state index in [1.807, 2.05) is 51.1 Å². The Bertz CT molecular complexity index is 989. The molecule has 0 aliphatic carbocycles. The van der Waals surface area contributed by atoms with E-state index in [9.17, 15) is 9.59 Å². The zero-order valence-corrected chi connectivity index (χ0v) is 16.6. The molecule has 1 aromatic carbocycles. The maximum Gasteiger partial charge on any atom is 0.255 e. The topological polar surface area (TPSA) is 80.1 Å². The van der Waals surface area contributed by atoms with E-state index in [1.54, 1.807) is 24.0 Å². The number of carbonyl (C=O) groups excluding carboxylic acids is 2. The zero-order chi connectivity index (χ0) is 20.3. The highest BCUT2D eigenvalue weighted by Crippen LogP contribution is 2.15. The van der Waals surface area contributed by atoms with Crippen molar-refractivity contribution in [3.8, 4) is 0 Å². The number of nitrogens with one attached hydrogen (secondary N) is 1. The number of pyridine rings is 1. The predicted molar refractivity (Wildman–Crippen MR) is 108 cm³/mol. The Morgan fingerprint density at radius 3 is 2.54 bits per heavy atom. The molecule has 0 bridgehead atoms. The van der Waals surface area contributed by atoms with Gasteiger partial charge in [0.2, 0.25) is 5.91 Å². The molecule has 0 atom stereocenters. The minimum Gasteiger partial charge on any atom is -0.350 e. The molecular formula is C21H25N5O2. The van der Waals surface area contributed by atoms with E-state index in [-0.39, 0.29) is 23.9 Å². The number of aromatic nitrogens is 3. The number of carbonyl (C=O) groups is 2. The van der Waals surface area contributed by atoms with Gasteiger partial charge < -0.3 is 10.2 Å². The van der Waals surface area contributed by atoms with Gasteiger partial charge in [-0.3, -0.25) is 9.59 Å². The lowest BCUT2D eigenvalue weighted by atomic mass is 10.1. The SMILES string of the molecule is CN(CC(=O)NC(C)(C)C)C(=O)c1cnc2c(cnn2Cc2ccccc2)c1. The van der Waals surface area contributed by atoms with Crippen molar-refractivity contribution in [2.45, 2.75) is 32.9 Å². The van der Waals surface area contributed by atoms with Crippen molar-refractivity contribution in [2.24, 2.45) is 0 Å². The normalized spacial score (nSPS) is 11.4. The second kappa shape index (κ2) is 7.80. The second-order valence-electron chi connectivity index (χ2n) is 7.88. The van der Waals surface area contributed by atoms with E-state index in [0.717, 1.165) is 10.9 Å². The van der Waals surface area contributed by atoms with Crippen LogP contribution in [0.1, 0.15) is 36.7 Å². The van der Waals surface area contributed by atoms with Crippen LogP contribution < -0.4 is 5.32 Å². The number of hydrogen-bond donors (Lipinski definition) is 1. The van der Waals surface area contributed by atoms with Crippen molar-refractivity contribution in [1.82, 2.24) is 25.0 Å². The molecule has 0 saturated heterocycles. The Balaban J connectivity index is 1.73. The van der Waals surface area contributed by atoms with Gasteiger partial charge in [0.15, 0.2) is 5.65 Å². The fraction of sp³-hybridized carbons (Fsp3) is 0.333. The summed E-state index contributed by atoms with van der Waals surface area (Å²) in [5, 5.41) is 8.03. The smallest absolute Gasteiger partial charge is 0.255 e. The van der Waals surface area contributed by atoms with Crippen LogP contribution in [-0.4, -0.2) is 50.6 Å². The number of fused-ring (bicyclic) bond motifs is 1. The summed E-state index contributed by atoms with van der Waals surface area (Å²) < 4.78 is 1.80. The molecule has 0 fully saturated rings. The first-order chi connectivity index (χ1) is 13.2. The van der Waals surface area contributed by atoms with Crippen LogP contribution in [0.5, 0.6) is 0 Å². The van der Waals surface area contributed by atoms with E-state index >= 15 is 0 Å². The average molecular weight is 379 g/mol. The molecule has 0 unspecified atom stereocenters. The van der Waals surface area contributed by atoms with Crippen molar-refractivity contribution >= 4 is 22.8 Å². The van der Waals surface area contributed by atoms with E-state index in [2.05, 4.69) is 15.4 Å². The molecular weight excluding hydrogens is 354 g/mol. The van der Waals surface area contributed by atoms with Gasteiger partial charge in [-0.15, -0.1) is 0 Å². The Hall–Kier alpha value is -3.22. The van der Waals surface area contributed by atoms with Gasteiger partial charge in [-0.1, -0.05) is 30.3 Å². The van der Waals surface area contributed by atoms with E-state index < -0.39 is 0 Å². The molecule has 3 aromatic rings. The van der Waals surface area contributed by atoms with Crippen LogP contribution in [0.4, 0.5) is 0 Å². The predicted octanol–water partition coefficient (Wildman–Crippen LogP) is 2.47. The molecule has 0 aliphatic heterocycles. The van der Waals surface area contributed by atoms with Crippen LogP contribution in [0.2, 0.25) is 0 Å². The summed E-state index contributed by atoms with van der Waals surface area (Å²) >= 11 is 0. The molecule has 0 radical (unpaired) electrons. The Morgan fingerprint density at radius 1 is 1.14 bits per heavy atom. The van der Waals surface area contributed by atoms with E-state index in [0.29, 0.717) is 17.8 Å². The molecule has 0 spiro atoms. The van der Waals surface area contributed by atoms with Crippen LogP contribution in [-0.2, 0) is 11.3 Å². The van der Waals surface area contributed by atoms with Crippen LogP contribution in [0, 0.1) is 0 Å². The van der Waals surface area contributed by atoms with Gasteiger partial charge in [0.1, 0.15) is 0 Å². The summed E-state index contributed by atoms with van der Waals surface area (Å²) in [4.78, 5) is 30.5. The van der Waals surface area contributed by atoms with Gasteiger partial charge >= 0.3 is 0 Å². The lowest BCUT2D eigenvalue weighted by molar-refractivity contribution is -0.122. The average Bonchev–Trinajstić information content (AvgIpc) is 3.02. The van der Waals surface area contributed by atoms with Crippen molar-refractivity contribution in [1.29, 1.82) is 0 Å². The lowest BCUT2D eigenvalue weighted by Gasteiger charge is -2.23. The molecule has 28 heavy (non-hydrogen) atoms. The van der Waals surface area contributed by atoms with Gasteiger partial charge in [-0.2, -0.15) is 5.10 Å². The first-order valence-corrected chi connectivity index (χ1v) is 9.15. The maximum absolute atomic E-state index is 12.7. The molecule has 2 aromatic heterocycles. The highest BCUT2D eigenvalue weighted by atomic mass is 16.2. The fourth-order valence-electron chi connectivity index (χ4n) is 2.93. The molecule has 0 aliphatic rings. The quantitative estimate of drug-likeness (QED) is 0.738. The summed E-state index contributed by atoms with van der Waals surface area (Å²) in [7, 11) is 1.60. The third-order valence-corrected chi connectivity index (χ3v) is 4.14. The van der Waals surface area contributed by atoms with Crippen molar-refractivity contribution in [2.75, 3.05) is 13.6 Å². The Labute approximate surface area is 164 Å². The first kappa shape index (κ1) is 19.5. The number of rotatable bonds is 5. The van der Waals surface area contributed by atoms with E-state index in [1.165, 1.54) is 11.1 Å². The van der Waals surface area contributed by atoms with Crippen molar-refractivity contribution in [3.63, 3.8) is 0 Å². The van der Waals surface area contributed by atoms with Crippen molar-refractivity contribution < 1.29 is 9.59 Å². The van der Waals surface area contributed by atoms with Crippen LogP contribution in [0.25, 0.3) is 11.0 Å². The number of benzene rings is 1. The standard InChI is InChI=1S/C21H25N5O2/c1-21(2,3)24-18(27)14-25(4)20(28)17-10-16-12-23-26(19(16)22-11-17)13-15-8-6-5-7-9-15/h5-12H,13-14H2,1-4H3,(H,24,27). The van der Waals surface area contributed by atoms with Gasteiger partial charge in [-0.05, 0) is 32.4 Å². The Morgan fingerprint density at radius 2 is 1.86 bits per heavy atom. The van der Waals surface area contributed by atoms with Crippen LogP contribution >= 0.6 is 0 Å². The van der Waals surface area contributed by atoms with Crippen molar-refractivity contribution in [3.05, 3.63) is 59.9 Å². The van der Waals surface area contributed by atoms with Gasteiger partial charge in [0, 0.05) is 24.2 Å². The van der Waals surface area contributed by atoms with Crippen LogP contribution in [0.15, 0.2) is 48.8 Å². The summed E-state index contributed by atoms with van der Waals surface area (Å²) in [6.45, 7) is 6.30. The summed E-state index contributed by atoms with van der Waals surface area (Å²) in [5.74, 6) is -0.456. The number of nitrogens with zero attached hydrogens (tertiary/aromatic N) is 4. The minimum absolute atomic E-state index is 0.0125. The summed E-state index contributed by atoms with van der Waals surface area (Å²) in [5.41, 5.74) is 1.93. The highest BCUT2D eigenvalue weighted by Gasteiger charge is 2.19. The maximum atomic E-state index is 12.7. The summed E-state index contributed by atoms with van der Waals surface area (Å²) in [6.07, 6.45) is 3.24.